The van der Waals surface area contributed by atoms with Crippen molar-refractivity contribution in [1.82, 2.24) is 4.98 Å². The number of esters is 2. The largest absolute Gasteiger partial charge is 0.461 e. The monoisotopic (exact) mass is 295 g/mol. The first-order chi connectivity index (χ1) is 10.1. The first-order valence-electron chi connectivity index (χ1n) is 7.68. The van der Waals surface area contributed by atoms with Crippen molar-refractivity contribution in [3.8, 4) is 0 Å². The summed E-state index contributed by atoms with van der Waals surface area (Å²) >= 11 is 0. The molecule has 0 aliphatic rings. The standard InChI is InChI=1S/C16H25NO4/c1-5-9-11-12(10-6-2)14(16(19)21-8-4)17-13(11)15(18)20-7-3/h17H,5-10H2,1-4H3. The van der Waals surface area contributed by atoms with Crippen LogP contribution in [-0.4, -0.2) is 30.1 Å². The lowest BCUT2D eigenvalue weighted by atomic mass is 10.00. The van der Waals surface area contributed by atoms with Gasteiger partial charge >= 0.3 is 11.9 Å². The van der Waals surface area contributed by atoms with Crippen LogP contribution in [0.1, 0.15) is 72.6 Å². The van der Waals surface area contributed by atoms with Crippen LogP contribution in [0.2, 0.25) is 0 Å². The minimum absolute atomic E-state index is 0.307. The van der Waals surface area contributed by atoms with Gasteiger partial charge in [-0.2, -0.15) is 0 Å². The number of rotatable bonds is 8. The van der Waals surface area contributed by atoms with Gasteiger partial charge in [0, 0.05) is 0 Å². The van der Waals surface area contributed by atoms with Gasteiger partial charge in [0.05, 0.1) is 13.2 Å². The first kappa shape index (κ1) is 17.3. The van der Waals surface area contributed by atoms with Gasteiger partial charge in [-0.05, 0) is 37.8 Å². The Balaban J connectivity index is 3.32. The van der Waals surface area contributed by atoms with Gasteiger partial charge < -0.3 is 14.5 Å². The van der Waals surface area contributed by atoms with Gasteiger partial charge in [0.15, 0.2) is 0 Å². The number of hydrogen-bond acceptors (Lipinski definition) is 4. The highest BCUT2D eigenvalue weighted by atomic mass is 16.5. The Morgan fingerprint density at radius 1 is 0.810 bits per heavy atom. The number of ether oxygens (including phenoxy) is 2. The van der Waals surface area contributed by atoms with E-state index >= 15 is 0 Å². The molecule has 5 heteroatoms. The molecule has 0 spiro atoms. The third-order valence-electron chi connectivity index (χ3n) is 3.18. The van der Waals surface area contributed by atoms with Crippen molar-refractivity contribution >= 4 is 11.9 Å². The SMILES string of the molecule is CCCc1c(C(=O)OCC)[nH]c(C(=O)OCC)c1CCC. The molecular weight excluding hydrogens is 270 g/mol. The Bertz CT molecular complexity index is 448. The number of H-pyrrole nitrogens is 1. The maximum absolute atomic E-state index is 12.1. The molecule has 0 radical (unpaired) electrons. The number of hydrogen-bond donors (Lipinski definition) is 1. The van der Waals surface area contributed by atoms with Crippen LogP contribution in [0.5, 0.6) is 0 Å². The van der Waals surface area contributed by atoms with Gasteiger partial charge in [-0.3, -0.25) is 0 Å². The molecule has 0 bridgehead atoms. The van der Waals surface area contributed by atoms with Crippen molar-refractivity contribution in [2.45, 2.75) is 53.4 Å². The maximum Gasteiger partial charge on any atom is 0.355 e. The van der Waals surface area contributed by atoms with Crippen LogP contribution >= 0.6 is 0 Å². The molecule has 0 fully saturated rings. The van der Waals surface area contributed by atoms with Crippen molar-refractivity contribution in [1.29, 1.82) is 0 Å². The van der Waals surface area contributed by atoms with E-state index in [1.54, 1.807) is 13.8 Å². The first-order valence-corrected chi connectivity index (χ1v) is 7.68. The lowest BCUT2D eigenvalue weighted by molar-refractivity contribution is 0.0515. The molecule has 1 rings (SSSR count). The number of aromatic amines is 1. The number of carbonyl (C=O) groups is 2. The van der Waals surface area contributed by atoms with Crippen molar-refractivity contribution in [3.05, 3.63) is 22.5 Å². The van der Waals surface area contributed by atoms with Gasteiger partial charge in [0.1, 0.15) is 11.4 Å². The molecule has 118 valence electrons. The molecule has 1 aromatic heterocycles. The Hall–Kier alpha value is -1.78. The molecule has 0 aliphatic heterocycles. The predicted octanol–water partition coefficient (Wildman–Crippen LogP) is 3.27. The van der Waals surface area contributed by atoms with E-state index in [0.717, 1.165) is 36.8 Å². The predicted molar refractivity (Wildman–Crippen MR) is 80.7 cm³/mol. The normalized spacial score (nSPS) is 10.5. The topological polar surface area (TPSA) is 68.4 Å². The molecule has 1 N–H and O–H groups in total. The molecule has 21 heavy (non-hydrogen) atoms. The molecule has 1 aromatic rings. The van der Waals surface area contributed by atoms with Crippen LogP contribution < -0.4 is 0 Å². The summed E-state index contributed by atoms with van der Waals surface area (Å²) in [5.74, 6) is -0.817. The maximum atomic E-state index is 12.1. The van der Waals surface area contributed by atoms with E-state index in [2.05, 4.69) is 4.98 Å². The van der Waals surface area contributed by atoms with Crippen LogP contribution in [0, 0.1) is 0 Å². The van der Waals surface area contributed by atoms with Gasteiger partial charge in [0.25, 0.3) is 0 Å². The molecule has 0 amide bonds. The van der Waals surface area contributed by atoms with E-state index in [1.807, 2.05) is 13.8 Å². The molecule has 0 saturated heterocycles. The second-order valence-electron chi connectivity index (χ2n) is 4.77. The van der Waals surface area contributed by atoms with Crippen LogP contribution in [0.25, 0.3) is 0 Å². The Labute approximate surface area is 126 Å². The van der Waals surface area contributed by atoms with Crippen molar-refractivity contribution in [2.75, 3.05) is 13.2 Å². The fraction of sp³-hybridized carbons (Fsp3) is 0.625. The summed E-state index contributed by atoms with van der Waals surface area (Å²) in [6, 6.07) is 0. The average molecular weight is 295 g/mol. The summed E-state index contributed by atoms with van der Waals surface area (Å²) in [6.45, 7) is 8.23. The molecule has 0 atom stereocenters. The van der Waals surface area contributed by atoms with E-state index in [4.69, 9.17) is 9.47 Å². The zero-order valence-electron chi connectivity index (χ0n) is 13.4. The number of nitrogens with one attached hydrogen (secondary N) is 1. The Kier molecular flexibility index (Phi) is 6.99. The van der Waals surface area contributed by atoms with Crippen molar-refractivity contribution < 1.29 is 19.1 Å². The van der Waals surface area contributed by atoms with Crippen molar-refractivity contribution in [2.24, 2.45) is 0 Å². The van der Waals surface area contributed by atoms with E-state index < -0.39 is 11.9 Å². The minimum Gasteiger partial charge on any atom is -0.461 e. The average Bonchev–Trinajstić information content (AvgIpc) is 2.80. The quantitative estimate of drug-likeness (QED) is 0.747. The van der Waals surface area contributed by atoms with Crippen LogP contribution in [0.3, 0.4) is 0 Å². The van der Waals surface area contributed by atoms with Gasteiger partial charge in [-0.15, -0.1) is 0 Å². The summed E-state index contributed by atoms with van der Waals surface area (Å²) in [7, 11) is 0. The summed E-state index contributed by atoms with van der Waals surface area (Å²) < 4.78 is 10.2. The second kappa shape index (κ2) is 8.49. The molecule has 0 aromatic carbocycles. The highest BCUT2D eigenvalue weighted by Gasteiger charge is 2.25. The molecule has 0 saturated carbocycles. The fourth-order valence-corrected chi connectivity index (χ4v) is 2.38. The third-order valence-corrected chi connectivity index (χ3v) is 3.18. The summed E-state index contributed by atoms with van der Waals surface area (Å²) in [5, 5.41) is 0. The van der Waals surface area contributed by atoms with Gasteiger partial charge in [-0.25, -0.2) is 9.59 Å². The Morgan fingerprint density at radius 3 is 1.48 bits per heavy atom. The van der Waals surface area contributed by atoms with Crippen LogP contribution in [0.4, 0.5) is 0 Å². The van der Waals surface area contributed by atoms with Crippen molar-refractivity contribution in [3.63, 3.8) is 0 Å². The molecule has 1 heterocycles. The molecule has 0 aliphatic carbocycles. The van der Waals surface area contributed by atoms with E-state index in [0.29, 0.717) is 24.6 Å². The van der Waals surface area contributed by atoms with Gasteiger partial charge in [-0.1, -0.05) is 26.7 Å². The lowest BCUT2D eigenvalue weighted by Gasteiger charge is -2.06. The highest BCUT2D eigenvalue weighted by molar-refractivity contribution is 5.96. The van der Waals surface area contributed by atoms with Gasteiger partial charge in [0.2, 0.25) is 0 Å². The highest BCUT2D eigenvalue weighted by Crippen LogP contribution is 2.24. The zero-order valence-corrected chi connectivity index (χ0v) is 13.4. The lowest BCUT2D eigenvalue weighted by Crippen LogP contribution is -2.09. The second-order valence-corrected chi connectivity index (χ2v) is 4.77. The van der Waals surface area contributed by atoms with Crippen LogP contribution in [-0.2, 0) is 22.3 Å². The van der Waals surface area contributed by atoms with E-state index in [9.17, 15) is 9.59 Å². The summed E-state index contributed by atoms with van der Waals surface area (Å²) in [6.07, 6.45) is 3.26. The smallest absolute Gasteiger partial charge is 0.355 e. The summed E-state index contributed by atoms with van der Waals surface area (Å²) in [4.78, 5) is 27.1. The summed E-state index contributed by atoms with van der Waals surface area (Å²) in [5.41, 5.74) is 2.57. The minimum atomic E-state index is -0.408. The van der Waals surface area contributed by atoms with E-state index in [-0.39, 0.29) is 0 Å². The molecular formula is C16H25NO4. The number of carbonyl (C=O) groups excluding carboxylic acids is 2. The zero-order chi connectivity index (χ0) is 15.8. The molecule has 0 unspecified atom stereocenters. The Morgan fingerprint density at radius 2 is 1.19 bits per heavy atom. The van der Waals surface area contributed by atoms with E-state index in [1.165, 1.54) is 0 Å². The van der Waals surface area contributed by atoms with Crippen LogP contribution in [0.15, 0.2) is 0 Å². The fourth-order valence-electron chi connectivity index (χ4n) is 2.38. The molecule has 5 nitrogen and oxygen atoms in total. The third kappa shape index (κ3) is 4.09. The number of aromatic nitrogens is 1.